The van der Waals surface area contributed by atoms with E-state index in [1.165, 1.54) is 0 Å². The summed E-state index contributed by atoms with van der Waals surface area (Å²) < 4.78 is 29.7. The summed E-state index contributed by atoms with van der Waals surface area (Å²) in [6, 6.07) is 6.45. The van der Waals surface area contributed by atoms with Crippen molar-refractivity contribution in [1.29, 1.82) is 0 Å². The summed E-state index contributed by atoms with van der Waals surface area (Å²) in [5.74, 6) is -4.20. The van der Waals surface area contributed by atoms with E-state index in [9.17, 15) is 18.7 Å². The molecule has 30 heavy (non-hydrogen) atoms. The Bertz CT molecular complexity index is 743. The molecule has 5 N–H and O–H groups in total. The molecule has 3 rings (SSSR count). The Morgan fingerprint density at radius 1 is 1.20 bits per heavy atom. The van der Waals surface area contributed by atoms with E-state index in [1.54, 1.807) is 17.0 Å². The lowest BCUT2D eigenvalue weighted by Crippen LogP contribution is -2.60. The van der Waals surface area contributed by atoms with Crippen LogP contribution in [0.2, 0.25) is 6.32 Å². The average Bonchev–Trinajstić information content (AvgIpc) is 2.69. The number of piperidine rings is 1. The van der Waals surface area contributed by atoms with E-state index >= 15 is 0 Å². The molecule has 1 aromatic rings. The molecule has 2 atom stereocenters. The summed E-state index contributed by atoms with van der Waals surface area (Å²) >= 11 is 0. The number of carbonyl (C=O) groups is 1. The van der Waals surface area contributed by atoms with Gasteiger partial charge in [0, 0.05) is 6.42 Å². The molecule has 0 bridgehead atoms. The first-order valence-electron chi connectivity index (χ1n) is 10.7. The van der Waals surface area contributed by atoms with Gasteiger partial charge in [-0.1, -0.05) is 37.1 Å². The number of carboxylic acids is 1. The number of rotatable bonds is 8. The minimum Gasteiger partial charge on any atom is -0.480 e. The molecule has 1 aromatic carbocycles. The Hall–Kier alpha value is -1.55. The van der Waals surface area contributed by atoms with E-state index in [4.69, 9.17) is 15.8 Å². The molecule has 9 heteroatoms. The van der Waals surface area contributed by atoms with Crippen LogP contribution in [0.25, 0.3) is 0 Å². The molecule has 2 aliphatic rings. The molecule has 1 saturated heterocycles. The van der Waals surface area contributed by atoms with Gasteiger partial charge in [0.25, 0.3) is 5.92 Å². The maximum atomic E-state index is 14.9. The third-order valence-corrected chi connectivity index (χ3v) is 6.85. The first-order valence-corrected chi connectivity index (χ1v) is 10.7. The third-order valence-electron chi connectivity index (χ3n) is 6.85. The zero-order valence-corrected chi connectivity index (χ0v) is 17.1. The molecule has 1 fully saturated rings. The van der Waals surface area contributed by atoms with Gasteiger partial charge in [-0.3, -0.25) is 9.69 Å². The Balaban J connectivity index is 1.62. The van der Waals surface area contributed by atoms with Crippen LogP contribution in [-0.2, 0) is 17.6 Å². The van der Waals surface area contributed by atoms with E-state index in [-0.39, 0.29) is 25.1 Å². The van der Waals surface area contributed by atoms with Gasteiger partial charge in [0.05, 0.1) is 6.04 Å². The number of likely N-dealkylation sites (tertiary alicyclic amines) is 1. The summed E-state index contributed by atoms with van der Waals surface area (Å²) in [7, 11) is -1.41. The van der Waals surface area contributed by atoms with Gasteiger partial charge in [0.1, 0.15) is 5.54 Å². The highest BCUT2D eigenvalue weighted by Gasteiger charge is 2.49. The second-order valence-electron chi connectivity index (χ2n) is 8.81. The van der Waals surface area contributed by atoms with E-state index in [2.05, 4.69) is 0 Å². The number of alkyl halides is 2. The van der Waals surface area contributed by atoms with Gasteiger partial charge in [-0.2, -0.15) is 0 Å². The van der Waals surface area contributed by atoms with Crippen molar-refractivity contribution in [1.82, 2.24) is 4.90 Å². The first kappa shape index (κ1) is 23.1. The number of hydrogen-bond acceptors (Lipinski definition) is 5. The fourth-order valence-corrected chi connectivity index (χ4v) is 5.01. The predicted molar refractivity (Wildman–Crippen MR) is 110 cm³/mol. The third kappa shape index (κ3) is 5.02. The smallest absolute Gasteiger partial charge is 0.451 e. The lowest BCUT2D eigenvalue weighted by atomic mass is 9.73. The van der Waals surface area contributed by atoms with Gasteiger partial charge in [-0.15, -0.1) is 0 Å². The fourth-order valence-electron chi connectivity index (χ4n) is 5.01. The fraction of sp³-hybridized carbons (Fsp3) is 0.667. The van der Waals surface area contributed by atoms with Gasteiger partial charge >= 0.3 is 13.1 Å². The van der Waals surface area contributed by atoms with Crippen molar-refractivity contribution in [2.75, 3.05) is 13.1 Å². The van der Waals surface area contributed by atoms with E-state index < -0.39 is 30.6 Å². The standard InChI is InChI=1S/C21H31BF2N2O4/c23-21(24)14-16-6-2-1-5-15(16)13-18(21)26-11-7-17(8-12-26)20(25,19(27)28)9-3-4-10-22(29)30/h1-2,5-6,17-18,29-30H,3-4,7-14,25H2,(H,27,28). The molecule has 0 saturated carbocycles. The van der Waals surface area contributed by atoms with Crippen LogP contribution in [0.3, 0.4) is 0 Å². The molecule has 0 amide bonds. The SMILES string of the molecule is NC(CCCCB(O)O)(C(=O)O)C1CCN(C2Cc3ccccc3CC2(F)F)CC1. The molecule has 166 valence electrons. The first-order chi connectivity index (χ1) is 14.1. The minimum absolute atomic E-state index is 0.173. The predicted octanol–water partition coefficient (Wildman–Crippen LogP) is 1.93. The summed E-state index contributed by atoms with van der Waals surface area (Å²) in [4.78, 5) is 13.7. The van der Waals surface area contributed by atoms with Crippen molar-refractivity contribution in [3.05, 3.63) is 35.4 Å². The highest BCUT2D eigenvalue weighted by Crippen LogP contribution is 2.39. The summed E-state index contributed by atoms with van der Waals surface area (Å²) in [5, 5.41) is 27.6. The molecule has 1 aliphatic heterocycles. The molecule has 1 aliphatic carbocycles. The normalized spacial score (nSPS) is 24.1. The Morgan fingerprint density at radius 3 is 2.43 bits per heavy atom. The molecule has 6 nitrogen and oxygen atoms in total. The van der Waals surface area contributed by atoms with Gasteiger partial charge in [-0.25, -0.2) is 8.78 Å². The van der Waals surface area contributed by atoms with Gasteiger partial charge < -0.3 is 20.9 Å². The number of carboxylic acid groups (broad SMARTS) is 1. The van der Waals surface area contributed by atoms with Crippen LogP contribution in [0, 0.1) is 5.92 Å². The Labute approximate surface area is 176 Å². The number of aliphatic carboxylic acids is 1. The lowest BCUT2D eigenvalue weighted by molar-refractivity contribution is -0.148. The monoisotopic (exact) mass is 424 g/mol. The van der Waals surface area contributed by atoms with Crippen molar-refractivity contribution in [2.45, 2.75) is 68.8 Å². The van der Waals surface area contributed by atoms with Crippen molar-refractivity contribution in [3.63, 3.8) is 0 Å². The number of halogens is 2. The largest absolute Gasteiger partial charge is 0.480 e. The summed E-state index contributed by atoms with van der Waals surface area (Å²) in [6.07, 6.45) is 2.29. The second-order valence-corrected chi connectivity index (χ2v) is 8.81. The van der Waals surface area contributed by atoms with Gasteiger partial charge in [0.2, 0.25) is 0 Å². The highest BCUT2D eigenvalue weighted by atomic mass is 19.3. The number of hydrogen-bond donors (Lipinski definition) is 4. The zero-order chi connectivity index (χ0) is 21.9. The van der Waals surface area contributed by atoms with E-state index in [0.29, 0.717) is 50.8 Å². The summed E-state index contributed by atoms with van der Waals surface area (Å²) in [6.45, 7) is 0.795. The topological polar surface area (TPSA) is 107 Å². The number of benzene rings is 1. The van der Waals surface area contributed by atoms with Crippen molar-refractivity contribution in [2.24, 2.45) is 11.7 Å². The molecule has 0 radical (unpaired) electrons. The molecule has 0 spiro atoms. The van der Waals surface area contributed by atoms with E-state index in [0.717, 1.165) is 5.56 Å². The summed E-state index contributed by atoms with van der Waals surface area (Å²) in [5.41, 5.74) is 6.52. The number of nitrogens with zero attached hydrogens (tertiary/aromatic N) is 1. The number of nitrogens with two attached hydrogens (primary N) is 1. The Morgan fingerprint density at radius 2 is 1.83 bits per heavy atom. The van der Waals surface area contributed by atoms with Crippen LogP contribution in [0.1, 0.15) is 43.2 Å². The van der Waals surface area contributed by atoms with Gasteiger partial charge in [-0.05, 0) is 62.1 Å². The Kier molecular flexibility index (Phi) is 7.17. The highest BCUT2D eigenvalue weighted by molar-refractivity contribution is 6.40. The van der Waals surface area contributed by atoms with Crippen LogP contribution in [0.4, 0.5) is 8.78 Å². The van der Waals surface area contributed by atoms with Crippen LogP contribution in [-0.4, -0.2) is 63.7 Å². The van der Waals surface area contributed by atoms with Crippen LogP contribution in [0.15, 0.2) is 24.3 Å². The maximum Gasteiger partial charge on any atom is 0.451 e. The molecule has 0 aromatic heterocycles. The zero-order valence-electron chi connectivity index (χ0n) is 17.1. The number of fused-ring (bicyclic) bond motifs is 1. The molecular formula is C21H31BF2N2O4. The van der Waals surface area contributed by atoms with E-state index in [1.807, 2.05) is 12.1 Å². The maximum absolute atomic E-state index is 14.9. The van der Waals surface area contributed by atoms with Crippen LogP contribution >= 0.6 is 0 Å². The van der Waals surface area contributed by atoms with Crippen molar-refractivity contribution < 1.29 is 28.7 Å². The van der Waals surface area contributed by atoms with Crippen LogP contribution in [0.5, 0.6) is 0 Å². The quantitative estimate of drug-likeness (QED) is 0.375. The van der Waals surface area contributed by atoms with Crippen molar-refractivity contribution in [3.8, 4) is 0 Å². The van der Waals surface area contributed by atoms with Crippen LogP contribution < -0.4 is 5.73 Å². The lowest BCUT2D eigenvalue weighted by Gasteiger charge is -2.46. The van der Waals surface area contributed by atoms with Gasteiger partial charge in [0.15, 0.2) is 0 Å². The minimum atomic E-state index is -2.82. The average molecular weight is 424 g/mol. The second kappa shape index (κ2) is 9.30. The number of unbranched alkanes of at least 4 members (excludes halogenated alkanes) is 1. The molecule has 2 unspecified atom stereocenters. The molecular weight excluding hydrogens is 393 g/mol. The van der Waals surface area contributed by atoms with Crippen molar-refractivity contribution >= 4 is 13.1 Å². The molecule has 1 heterocycles.